The Morgan fingerprint density at radius 3 is 2.67 bits per heavy atom. The summed E-state index contributed by atoms with van der Waals surface area (Å²) in [6.07, 6.45) is 0.616. The molecule has 0 radical (unpaired) electrons. The largest absolute Gasteiger partial charge is 0.339 e. The first kappa shape index (κ1) is 13.3. The Morgan fingerprint density at radius 2 is 2.00 bits per heavy atom. The molecule has 1 aliphatic heterocycles. The molecule has 0 unspecified atom stereocenters. The molecule has 1 aromatic carbocycles. The van der Waals surface area contributed by atoms with Gasteiger partial charge in [-0.2, -0.15) is 4.98 Å². The van der Waals surface area contributed by atoms with Gasteiger partial charge in [0.15, 0.2) is 5.82 Å². The van der Waals surface area contributed by atoms with Gasteiger partial charge in [0.1, 0.15) is 6.54 Å². The summed E-state index contributed by atoms with van der Waals surface area (Å²) in [5.41, 5.74) is 0.695. The number of para-hydroxylation sites is 1. The summed E-state index contributed by atoms with van der Waals surface area (Å²) in [4.78, 5) is 31.1. The molecule has 1 saturated heterocycles. The van der Waals surface area contributed by atoms with Gasteiger partial charge in [0, 0.05) is 12.1 Å². The maximum Gasteiger partial charge on any atom is 0.332 e. The molecule has 1 aromatic heterocycles. The number of imide groups is 1. The van der Waals surface area contributed by atoms with Crippen molar-refractivity contribution in [2.45, 2.75) is 19.9 Å². The average Bonchev–Trinajstić information content (AvgIpc) is 3.08. The fourth-order valence-electron chi connectivity index (χ4n) is 2.15. The van der Waals surface area contributed by atoms with Gasteiger partial charge in [-0.1, -0.05) is 30.3 Å². The smallest absolute Gasteiger partial charge is 0.332 e. The summed E-state index contributed by atoms with van der Waals surface area (Å²) < 4.78 is 4.98. The molecule has 108 valence electrons. The van der Waals surface area contributed by atoms with Gasteiger partial charge in [0.05, 0.1) is 6.54 Å². The molecular formula is C14H14N4O3. The third kappa shape index (κ3) is 2.49. The maximum absolute atomic E-state index is 12.3. The second-order valence-electron chi connectivity index (χ2n) is 4.64. The van der Waals surface area contributed by atoms with E-state index in [0.29, 0.717) is 23.8 Å². The van der Waals surface area contributed by atoms with Gasteiger partial charge in [-0.25, -0.2) is 4.79 Å². The van der Waals surface area contributed by atoms with E-state index in [1.165, 1.54) is 4.90 Å². The number of urea groups is 1. The van der Waals surface area contributed by atoms with Gasteiger partial charge in [-0.3, -0.25) is 14.6 Å². The Labute approximate surface area is 121 Å². The van der Waals surface area contributed by atoms with E-state index in [0.717, 1.165) is 4.90 Å². The van der Waals surface area contributed by atoms with Crippen LogP contribution in [0.15, 0.2) is 34.9 Å². The molecule has 7 nitrogen and oxygen atoms in total. The quantitative estimate of drug-likeness (QED) is 0.798. The van der Waals surface area contributed by atoms with Gasteiger partial charge >= 0.3 is 6.03 Å². The maximum atomic E-state index is 12.3. The molecule has 21 heavy (non-hydrogen) atoms. The molecule has 0 N–H and O–H groups in total. The van der Waals surface area contributed by atoms with Crippen LogP contribution in [0, 0.1) is 0 Å². The number of aryl methyl sites for hydroxylation is 1. The van der Waals surface area contributed by atoms with Crippen molar-refractivity contribution in [2.75, 3.05) is 11.4 Å². The Balaban J connectivity index is 1.78. The number of benzene rings is 1. The monoisotopic (exact) mass is 286 g/mol. The first-order chi connectivity index (χ1) is 10.2. The van der Waals surface area contributed by atoms with E-state index >= 15 is 0 Å². The Morgan fingerprint density at radius 1 is 1.24 bits per heavy atom. The molecule has 0 bridgehead atoms. The van der Waals surface area contributed by atoms with Crippen molar-refractivity contribution in [3.05, 3.63) is 42.0 Å². The van der Waals surface area contributed by atoms with Crippen LogP contribution in [-0.4, -0.2) is 33.5 Å². The summed E-state index contributed by atoms with van der Waals surface area (Å²) in [5.74, 6) is 0.555. The van der Waals surface area contributed by atoms with E-state index in [-0.39, 0.29) is 25.0 Å². The minimum absolute atomic E-state index is 0.0291. The zero-order valence-corrected chi connectivity index (χ0v) is 11.5. The topological polar surface area (TPSA) is 79.5 Å². The van der Waals surface area contributed by atoms with Crippen LogP contribution in [0.3, 0.4) is 0 Å². The molecule has 0 saturated carbocycles. The molecule has 1 aliphatic rings. The molecule has 1 fully saturated rings. The van der Waals surface area contributed by atoms with Crippen molar-refractivity contribution in [2.24, 2.45) is 0 Å². The van der Waals surface area contributed by atoms with E-state index in [1.807, 2.05) is 25.1 Å². The minimum Gasteiger partial charge on any atom is -0.339 e. The van der Waals surface area contributed by atoms with E-state index in [9.17, 15) is 9.59 Å². The molecule has 0 spiro atoms. The highest BCUT2D eigenvalue weighted by molar-refractivity contribution is 6.12. The third-order valence-corrected chi connectivity index (χ3v) is 3.24. The number of carbonyl (C=O) groups excluding carboxylic acids is 2. The number of hydrogen-bond acceptors (Lipinski definition) is 5. The number of hydrogen-bond donors (Lipinski definition) is 0. The van der Waals surface area contributed by atoms with Gasteiger partial charge < -0.3 is 4.52 Å². The van der Waals surface area contributed by atoms with Crippen molar-refractivity contribution in [3.63, 3.8) is 0 Å². The number of carbonyl (C=O) groups is 2. The summed E-state index contributed by atoms with van der Waals surface area (Å²) in [6.45, 7) is 1.95. The molecule has 7 heteroatoms. The molecule has 3 rings (SSSR count). The lowest BCUT2D eigenvalue weighted by Crippen LogP contribution is -2.32. The van der Waals surface area contributed by atoms with Crippen LogP contribution in [0.1, 0.15) is 18.6 Å². The van der Waals surface area contributed by atoms with Crippen LogP contribution in [0.4, 0.5) is 10.5 Å². The zero-order chi connectivity index (χ0) is 14.8. The predicted molar refractivity (Wildman–Crippen MR) is 73.4 cm³/mol. The normalized spacial score (nSPS) is 15.1. The molecule has 0 aliphatic carbocycles. The summed E-state index contributed by atoms with van der Waals surface area (Å²) >= 11 is 0. The standard InChI is InChI=1S/C14H14N4O3/c1-2-12-15-11(16-21-12)8-18-13(19)9-17(14(18)20)10-6-4-3-5-7-10/h3-7H,2,8-9H2,1H3. The number of aromatic nitrogens is 2. The Kier molecular flexibility index (Phi) is 3.39. The van der Waals surface area contributed by atoms with Crippen molar-refractivity contribution in [3.8, 4) is 0 Å². The number of amides is 3. The van der Waals surface area contributed by atoms with Gasteiger partial charge in [-0.15, -0.1) is 0 Å². The lowest BCUT2D eigenvalue weighted by atomic mass is 10.3. The lowest BCUT2D eigenvalue weighted by molar-refractivity contribution is -0.125. The summed E-state index contributed by atoms with van der Waals surface area (Å²) in [6, 6.07) is 8.71. The fourth-order valence-corrected chi connectivity index (χ4v) is 2.15. The zero-order valence-electron chi connectivity index (χ0n) is 11.5. The average molecular weight is 286 g/mol. The highest BCUT2D eigenvalue weighted by Gasteiger charge is 2.37. The van der Waals surface area contributed by atoms with Crippen LogP contribution < -0.4 is 4.90 Å². The molecule has 3 amide bonds. The first-order valence-electron chi connectivity index (χ1n) is 6.67. The number of nitrogens with zero attached hydrogens (tertiary/aromatic N) is 4. The molecule has 2 heterocycles. The van der Waals surface area contributed by atoms with E-state index in [2.05, 4.69) is 10.1 Å². The van der Waals surface area contributed by atoms with Crippen LogP contribution in [0.25, 0.3) is 0 Å². The van der Waals surface area contributed by atoms with Crippen molar-refractivity contribution in [1.82, 2.24) is 15.0 Å². The van der Waals surface area contributed by atoms with Crippen LogP contribution >= 0.6 is 0 Å². The summed E-state index contributed by atoms with van der Waals surface area (Å²) in [5, 5.41) is 3.77. The van der Waals surface area contributed by atoms with Crippen LogP contribution in [-0.2, 0) is 17.8 Å². The molecular weight excluding hydrogens is 272 g/mol. The van der Waals surface area contributed by atoms with E-state index < -0.39 is 0 Å². The number of rotatable bonds is 4. The van der Waals surface area contributed by atoms with E-state index in [1.54, 1.807) is 12.1 Å². The predicted octanol–water partition coefficient (Wildman–Crippen LogP) is 1.60. The second kappa shape index (κ2) is 5.35. The molecule has 2 aromatic rings. The van der Waals surface area contributed by atoms with Gasteiger partial charge in [-0.05, 0) is 12.1 Å². The number of anilines is 1. The third-order valence-electron chi connectivity index (χ3n) is 3.24. The fraction of sp³-hybridized carbons (Fsp3) is 0.286. The first-order valence-corrected chi connectivity index (χ1v) is 6.67. The van der Waals surface area contributed by atoms with Crippen molar-refractivity contribution >= 4 is 17.6 Å². The lowest BCUT2D eigenvalue weighted by Gasteiger charge is -2.15. The van der Waals surface area contributed by atoms with Crippen LogP contribution in [0.5, 0.6) is 0 Å². The Hall–Kier alpha value is -2.70. The van der Waals surface area contributed by atoms with Gasteiger partial charge in [0.25, 0.3) is 5.91 Å². The minimum atomic E-state index is -0.367. The molecule has 0 atom stereocenters. The van der Waals surface area contributed by atoms with Crippen molar-refractivity contribution in [1.29, 1.82) is 0 Å². The Bertz CT molecular complexity index is 668. The van der Waals surface area contributed by atoms with Gasteiger partial charge in [0.2, 0.25) is 5.89 Å². The highest BCUT2D eigenvalue weighted by atomic mass is 16.5. The summed E-state index contributed by atoms with van der Waals surface area (Å²) in [7, 11) is 0. The van der Waals surface area contributed by atoms with E-state index in [4.69, 9.17) is 4.52 Å². The van der Waals surface area contributed by atoms with Crippen LogP contribution in [0.2, 0.25) is 0 Å². The second-order valence-corrected chi connectivity index (χ2v) is 4.64. The SMILES string of the molecule is CCc1nc(CN2C(=O)CN(c3ccccc3)C2=O)no1. The highest BCUT2D eigenvalue weighted by Crippen LogP contribution is 2.21. The van der Waals surface area contributed by atoms with Crippen molar-refractivity contribution < 1.29 is 14.1 Å².